The summed E-state index contributed by atoms with van der Waals surface area (Å²) in [7, 11) is 0. The Morgan fingerprint density at radius 1 is 1.21 bits per heavy atom. The van der Waals surface area contributed by atoms with Crippen molar-refractivity contribution in [2.45, 2.75) is 25.2 Å². The number of carbonyl (C=O) groups excluding carboxylic acids is 1. The highest BCUT2D eigenvalue weighted by atomic mass is 35.5. The average molecular weight is 338 g/mol. The number of halogens is 1. The van der Waals surface area contributed by atoms with E-state index < -0.39 is 5.92 Å². The van der Waals surface area contributed by atoms with Gasteiger partial charge in [0.25, 0.3) is 0 Å². The van der Waals surface area contributed by atoms with Crippen LogP contribution in [-0.2, 0) is 11.2 Å². The number of H-pyrrole nitrogens is 1. The fourth-order valence-corrected chi connectivity index (χ4v) is 2.78. The van der Waals surface area contributed by atoms with Crippen LogP contribution < -0.4 is 0 Å². The summed E-state index contributed by atoms with van der Waals surface area (Å²) in [5.74, 6) is -0.525. The Morgan fingerprint density at radius 2 is 1.96 bits per heavy atom. The number of imidazole rings is 1. The number of nitrogens with one attached hydrogen (secondary N) is 1. The maximum Gasteiger partial charge on any atom is 0.162 e. The second-order valence-electron chi connectivity index (χ2n) is 5.65. The van der Waals surface area contributed by atoms with Gasteiger partial charge in [-0.2, -0.15) is 5.26 Å². The van der Waals surface area contributed by atoms with Gasteiger partial charge >= 0.3 is 0 Å². The van der Waals surface area contributed by atoms with E-state index in [1.54, 1.807) is 0 Å². The molecule has 0 bridgehead atoms. The van der Waals surface area contributed by atoms with E-state index in [0.717, 1.165) is 23.0 Å². The highest BCUT2D eigenvalue weighted by Crippen LogP contribution is 2.20. The number of Topliss-reactive ketones (excluding diaryl/α,β-unsaturated/α-hetero) is 1. The molecule has 120 valence electrons. The molecule has 1 aromatic heterocycles. The highest BCUT2D eigenvalue weighted by molar-refractivity contribution is 6.30. The molecule has 0 amide bonds. The standard InChI is InChI=1S/C19H16ClN3O/c20-14-10-8-13(9-11-14)4-3-7-18(24)15(12-21)19-22-16-5-1-2-6-17(16)23-19/h1-2,5-6,8-11,15H,3-4,7H2,(H,22,23). The van der Waals surface area contributed by atoms with E-state index >= 15 is 0 Å². The number of nitrogens with zero attached hydrogens (tertiary/aromatic N) is 2. The molecule has 1 heterocycles. The van der Waals surface area contributed by atoms with Gasteiger partial charge in [0.05, 0.1) is 17.1 Å². The van der Waals surface area contributed by atoms with Crippen LogP contribution in [0.2, 0.25) is 5.02 Å². The Kier molecular flexibility index (Phi) is 4.93. The van der Waals surface area contributed by atoms with E-state index in [0.29, 0.717) is 23.7 Å². The maximum absolute atomic E-state index is 12.4. The lowest BCUT2D eigenvalue weighted by Gasteiger charge is -2.05. The number of ketones is 1. The summed E-state index contributed by atoms with van der Waals surface area (Å²) in [6.45, 7) is 0. The molecule has 0 aliphatic rings. The van der Waals surface area contributed by atoms with Crippen molar-refractivity contribution in [1.29, 1.82) is 5.26 Å². The monoisotopic (exact) mass is 337 g/mol. The molecule has 0 aliphatic heterocycles. The van der Waals surface area contributed by atoms with Crippen molar-refractivity contribution in [3.63, 3.8) is 0 Å². The van der Waals surface area contributed by atoms with Crippen molar-refractivity contribution in [2.24, 2.45) is 0 Å². The number of aromatic nitrogens is 2. The van der Waals surface area contributed by atoms with Gasteiger partial charge in [0.2, 0.25) is 0 Å². The Hall–Kier alpha value is -2.64. The summed E-state index contributed by atoms with van der Waals surface area (Å²) in [6.07, 6.45) is 1.82. The summed E-state index contributed by atoms with van der Waals surface area (Å²) in [6, 6.07) is 17.2. The van der Waals surface area contributed by atoms with Crippen LogP contribution in [0.5, 0.6) is 0 Å². The minimum absolute atomic E-state index is 0.106. The lowest BCUT2D eigenvalue weighted by atomic mass is 9.98. The lowest BCUT2D eigenvalue weighted by molar-refractivity contribution is -0.119. The molecule has 2 aromatic carbocycles. The van der Waals surface area contributed by atoms with Gasteiger partial charge in [-0.3, -0.25) is 4.79 Å². The van der Waals surface area contributed by atoms with Gasteiger partial charge in [0, 0.05) is 11.4 Å². The molecular formula is C19H16ClN3O. The third kappa shape index (κ3) is 3.64. The molecule has 1 N–H and O–H groups in total. The second-order valence-corrected chi connectivity index (χ2v) is 6.08. The average Bonchev–Trinajstić information content (AvgIpc) is 3.01. The second kappa shape index (κ2) is 7.29. The van der Waals surface area contributed by atoms with Gasteiger partial charge in [-0.25, -0.2) is 4.98 Å². The number of nitriles is 1. The topological polar surface area (TPSA) is 69.5 Å². The summed E-state index contributed by atoms with van der Waals surface area (Å²) in [4.78, 5) is 19.8. The van der Waals surface area contributed by atoms with Crippen molar-refractivity contribution < 1.29 is 4.79 Å². The van der Waals surface area contributed by atoms with Gasteiger partial charge in [0.1, 0.15) is 5.82 Å². The predicted molar refractivity (Wildman–Crippen MR) is 93.8 cm³/mol. The third-order valence-corrected chi connectivity index (χ3v) is 4.19. The van der Waals surface area contributed by atoms with Crippen LogP contribution in [0.15, 0.2) is 48.5 Å². The summed E-state index contributed by atoms with van der Waals surface area (Å²) < 4.78 is 0. The first-order valence-corrected chi connectivity index (χ1v) is 8.16. The largest absolute Gasteiger partial charge is 0.340 e. The molecule has 24 heavy (non-hydrogen) atoms. The molecule has 5 heteroatoms. The van der Waals surface area contributed by atoms with Crippen molar-refractivity contribution in [3.05, 3.63) is 64.9 Å². The van der Waals surface area contributed by atoms with Crippen molar-refractivity contribution in [3.8, 4) is 6.07 Å². The fourth-order valence-electron chi connectivity index (χ4n) is 2.66. The summed E-state index contributed by atoms with van der Waals surface area (Å²) in [5, 5.41) is 10.1. The molecule has 1 atom stereocenters. The van der Waals surface area contributed by atoms with E-state index in [4.69, 9.17) is 11.6 Å². The molecule has 0 spiro atoms. The predicted octanol–water partition coefficient (Wildman–Crippen LogP) is 4.42. The molecule has 3 aromatic rings. The van der Waals surface area contributed by atoms with Crippen LogP contribution in [0.1, 0.15) is 30.1 Å². The molecule has 0 aliphatic carbocycles. The van der Waals surface area contributed by atoms with Crippen LogP contribution in [-0.4, -0.2) is 15.8 Å². The zero-order valence-electron chi connectivity index (χ0n) is 13.0. The van der Waals surface area contributed by atoms with Gasteiger partial charge in [0.15, 0.2) is 11.7 Å². The first kappa shape index (κ1) is 16.2. The van der Waals surface area contributed by atoms with Crippen LogP contribution >= 0.6 is 11.6 Å². The number of fused-ring (bicyclic) bond motifs is 1. The zero-order chi connectivity index (χ0) is 16.9. The number of aryl methyl sites for hydroxylation is 1. The number of hydrogen-bond donors (Lipinski definition) is 1. The summed E-state index contributed by atoms with van der Waals surface area (Å²) in [5.41, 5.74) is 2.73. The number of benzene rings is 2. The van der Waals surface area contributed by atoms with Crippen molar-refractivity contribution >= 4 is 28.4 Å². The van der Waals surface area contributed by atoms with Gasteiger partial charge < -0.3 is 4.98 Å². The maximum atomic E-state index is 12.4. The normalized spacial score (nSPS) is 12.0. The third-order valence-electron chi connectivity index (χ3n) is 3.93. The van der Waals surface area contributed by atoms with E-state index in [2.05, 4.69) is 16.0 Å². The Balaban J connectivity index is 1.64. The minimum Gasteiger partial charge on any atom is -0.340 e. The molecule has 0 radical (unpaired) electrons. The first-order chi connectivity index (χ1) is 11.7. The van der Waals surface area contributed by atoms with E-state index in [-0.39, 0.29) is 5.78 Å². The van der Waals surface area contributed by atoms with Crippen molar-refractivity contribution in [1.82, 2.24) is 9.97 Å². The Bertz CT molecular complexity index is 860. The lowest BCUT2D eigenvalue weighted by Crippen LogP contribution is -2.12. The van der Waals surface area contributed by atoms with Gasteiger partial charge in [-0.15, -0.1) is 0 Å². The molecule has 3 rings (SSSR count). The Morgan fingerprint density at radius 3 is 2.67 bits per heavy atom. The highest BCUT2D eigenvalue weighted by Gasteiger charge is 2.23. The smallest absolute Gasteiger partial charge is 0.162 e. The first-order valence-electron chi connectivity index (χ1n) is 7.79. The molecule has 1 unspecified atom stereocenters. The van der Waals surface area contributed by atoms with Gasteiger partial charge in [-0.05, 0) is 42.7 Å². The quantitative estimate of drug-likeness (QED) is 0.724. The molecular weight excluding hydrogens is 322 g/mol. The van der Waals surface area contributed by atoms with Crippen molar-refractivity contribution in [2.75, 3.05) is 0 Å². The van der Waals surface area contributed by atoms with Crippen LogP contribution in [0, 0.1) is 11.3 Å². The molecule has 0 saturated heterocycles. The van der Waals surface area contributed by atoms with Crippen LogP contribution in [0.4, 0.5) is 0 Å². The van der Waals surface area contributed by atoms with E-state index in [1.165, 1.54) is 0 Å². The zero-order valence-corrected chi connectivity index (χ0v) is 13.8. The molecule has 0 saturated carbocycles. The SMILES string of the molecule is N#CC(C(=O)CCCc1ccc(Cl)cc1)c1nc2ccccc2[nH]1. The number of aromatic amines is 1. The number of hydrogen-bond acceptors (Lipinski definition) is 3. The van der Waals surface area contributed by atoms with E-state index in [9.17, 15) is 10.1 Å². The number of carbonyl (C=O) groups is 1. The van der Waals surface area contributed by atoms with Crippen LogP contribution in [0.3, 0.4) is 0 Å². The number of para-hydroxylation sites is 2. The minimum atomic E-state index is -0.845. The molecule has 4 nitrogen and oxygen atoms in total. The Labute approximate surface area is 145 Å². The van der Waals surface area contributed by atoms with E-state index in [1.807, 2.05) is 48.5 Å². The van der Waals surface area contributed by atoms with Gasteiger partial charge in [-0.1, -0.05) is 35.9 Å². The summed E-state index contributed by atoms with van der Waals surface area (Å²) >= 11 is 5.86. The van der Waals surface area contributed by atoms with Crippen LogP contribution in [0.25, 0.3) is 11.0 Å². The number of rotatable bonds is 6. The molecule has 0 fully saturated rings. The fraction of sp³-hybridized carbons (Fsp3) is 0.211.